The van der Waals surface area contributed by atoms with Crippen molar-refractivity contribution in [2.45, 2.75) is 0 Å². The summed E-state index contributed by atoms with van der Waals surface area (Å²) in [7, 11) is 0. The lowest BCUT2D eigenvalue weighted by atomic mass is 10.2. The van der Waals surface area contributed by atoms with Crippen LogP contribution in [0.3, 0.4) is 0 Å². The highest BCUT2D eigenvalue weighted by Gasteiger charge is 2.02. The first-order valence-corrected chi connectivity index (χ1v) is 6.46. The predicted molar refractivity (Wildman–Crippen MR) is 80.1 cm³/mol. The SMILES string of the molecule is O=C(N/N=C\c1ccc(O)c(I)c1)c1ccncc1. The molecule has 0 bridgehead atoms. The summed E-state index contributed by atoms with van der Waals surface area (Å²) >= 11 is 2.02. The Morgan fingerprint density at radius 3 is 2.74 bits per heavy atom. The first-order valence-electron chi connectivity index (χ1n) is 5.39. The van der Waals surface area contributed by atoms with Gasteiger partial charge in [-0.1, -0.05) is 0 Å². The van der Waals surface area contributed by atoms with E-state index in [4.69, 9.17) is 0 Å². The van der Waals surface area contributed by atoms with Crippen molar-refractivity contribution >= 4 is 34.7 Å². The van der Waals surface area contributed by atoms with E-state index in [0.29, 0.717) is 5.56 Å². The number of phenolic OH excluding ortho intramolecular Hbond substituents is 1. The van der Waals surface area contributed by atoms with Crippen LogP contribution in [0.2, 0.25) is 0 Å². The minimum Gasteiger partial charge on any atom is -0.507 e. The van der Waals surface area contributed by atoms with E-state index in [2.05, 4.69) is 15.5 Å². The summed E-state index contributed by atoms with van der Waals surface area (Å²) in [6.45, 7) is 0. The van der Waals surface area contributed by atoms with Crippen molar-refractivity contribution in [2.24, 2.45) is 5.10 Å². The largest absolute Gasteiger partial charge is 0.507 e. The fourth-order valence-corrected chi connectivity index (χ4v) is 1.88. The molecule has 2 N–H and O–H groups in total. The quantitative estimate of drug-likeness (QED) is 0.496. The molecule has 0 radical (unpaired) electrons. The Hall–Kier alpha value is -1.96. The number of benzene rings is 1. The Labute approximate surface area is 123 Å². The van der Waals surface area contributed by atoms with Crippen molar-refractivity contribution in [3.63, 3.8) is 0 Å². The zero-order valence-corrected chi connectivity index (χ0v) is 11.9. The molecule has 1 heterocycles. The second-order valence-corrected chi connectivity index (χ2v) is 4.81. The zero-order valence-electron chi connectivity index (χ0n) is 9.75. The summed E-state index contributed by atoms with van der Waals surface area (Å²) in [6, 6.07) is 8.26. The van der Waals surface area contributed by atoms with E-state index < -0.39 is 0 Å². The monoisotopic (exact) mass is 367 g/mol. The molecule has 1 aromatic carbocycles. The predicted octanol–water partition coefficient (Wildman–Crippen LogP) is 2.16. The van der Waals surface area contributed by atoms with Crippen molar-refractivity contribution in [1.29, 1.82) is 0 Å². The molecule has 19 heavy (non-hydrogen) atoms. The number of phenols is 1. The molecule has 1 amide bonds. The first-order chi connectivity index (χ1) is 9.16. The Kier molecular flexibility index (Phi) is 4.45. The van der Waals surface area contributed by atoms with Gasteiger partial charge in [0.2, 0.25) is 0 Å². The summed E-state index contributed by atoms with van der Waals surface area (Å²) in [4.78, 5) is 15.5. The molecule has 2 rings (SSSR count). The molecule has 0 spiro atoms. The van der Waals surface area contributed by atoms with Crippen molar-refractivity contribution in [3.05, 3.63) is 57.4 Å². The number of pyridine rings is 1. The van der Waals surface area contributed by atoms with Gasteiger partial charge in [-0.2, -0.15) is 5.10 Å². The fourth-order valence-electron chi connectivity index (χ4n) is 1.34. The molecule has 0 aliphatic heterocycles. The summed E-state index contributed by atoms with van der Waals surface area (Å²) in [5, 5.41) is 13.2. The summed E-state index contributed by atoms with van der Waals surface area (Å²) < 4.78 is 0.724. The third-order valence-corrected chi connectivity index (χ3v) is 3.16. The third-order valence-electron chi connectivity index (χ3n) is 2.29. The van der Waals surface area contributed by atoms with E-state index in [9.17, 15) is 9.90 Å². The van der Waals surface area contributed by atoms with Crippen molar-refractivity contribution in [2.75, 3.05) is 0 Å². The van der Waals surface area contributed by atoms with Crippen molar-refractivity contribution in [3.8, 4) is 5.75 Å². The molecule has 0 aliphatic rings. The highest BCUT2D eigenvalue weighted by molar-refractivity contribution is 14.1. The number of carbonyl (C=O) groups excluding carboxylic acids is 1. The molecule has 0 unspecified atom stereocenters. The molecule has 2 aromatic rings. The van der Waals surface area contributed by atoms with Gasteiger partial charge in [-0.3, -0.25) is 9.78 Å². The van der Waals surface area contributed by atoms with Gasteiger partial charge in [0.05, 0.1) is 9.78 Å². The van der Waals surface area contributed by atoms with Crippen LogP contribution in [-0.4, -0.2) is 22.2 Å². The third kappa shape index (κ3) is 3.75. The van der Waals surface area contributed by atoms with Crippen LogP contribution in [0.5, 0.6) is 5.75 Å². The smallest absolute Gasteiger partial charge is 0.271 e. The minimum atomic E-state index is -0.299. The second kappa shape index (κ2) is 6.28. The average Bonchev–Trinajstić information content (AvgIpc) is 2.43. The molecular weight excluding hydrogens is 357 g/mol. The number of rotatable bonds is 3. The molecule has 0 aliphatic carbocycles. The highest BCUT2D eigenvalue weighted by Crippen LogP contribution is 2.19. The van der Waals surface area contributed by atoms with Gasteiger partial charge < -0.3 is 5.11 Å². The Morgan fingerprint density at radius 1 is 1.32 bits per heavy atom. The second-order valence-electron chi connectivity index (χ2n) is 3.65. The van der Waals surface area contributed by atoms with Crippen LogP contribution in [0.25, 0.3) is 0 Å². The van der Waals surface area contributed by atoms with Gasteiger partial charge in [-0.15, -0.1) is 0 Å². The molecule has 5 nitrogen and oxygen atoms in total. The fraction of sp³-hybridized carbons (Fsp3) is 0. The van der Waals surface area contributed by atoms with E-state index in [-0.39, 0.29) is 11.7 Å². The van der Waals surface area contributed by atoms with Gasteiger partial charge in [0.1, 0.15) is 5.75 Å². The van der Waals surface area contributed by atoms with Gasteiger partial charge >= 0.3 is 0 Å². The van der Waals surface area contributed by atoms with E-state index in [1.54, 1.807) is 42.7 Å². The molecule has 0 saturated carbocycles. The van der Waals surface area contributed by atoms with Gasteiger partial charge in [0.15, 0.2) is 0 Å². The number of hydrazone groups is 1. The molecule has 0 atom stereocenters. The lowest BCUT2D eigenvalue weighted by molar-refractivity contribution is 0.0955. The molecule has 0 saturated heterocycles. The Balaban J connectivity index is 2.00. The number of carbonyl (C=O) groups is 1. The Bertz CT molecular complexity index is 615. The number of aromatic nitrogens is 1. The van der Waals surface area contributed by atoms with Crippen LogP contribution < -0.4 is 5.43 Å². The number of aromatic hydroxyl groups is 1. The van der Waals surface area contributed by atoms with Crippen LogP contribution in [0.4, 0.5) is 0 Å². The van der Waals surface area contributed by atoms with E-state index in [1.165, 1.54) is 6.21 Å². The first kappa shape index (κ1) is 13.5. The van der Waals surface area contributed by atoms with Gasteiger partial charge in [-0.25, -0.2) is 5.43 Å². The van der Waals surface area contributed by atoms with Crippen LogP contribution in [0, 0.1) is 3.57 Å². The van der Waals surface area contributed by atoms with Crippen LogP contribution >= 0.6 is 22.6 Å². The van der Waals surface area contributed by atoms with Gasteiger partial charge in [0, 0.05) is 18.0 Å². The van der Waals surface area contributed by atoms with E-state index in [1.807, 2.05) is 22.6 Å². The van der Waals surface area contributed by atoms with E-state index >= 15 is 0 Å². The highest BCUT2D eigenvalue weighted by atomic mass is 127. The van der Waals surface area contributed by atoms with Crippen molar-refractivity contribution < 1.29 is 9.90 Å². The van der Waals surface area contributed by atoms with Crippen LogP contribution in [0.1, 0.15) is 15.9 Å². The average molecular weight is 367 g/mol. The van der Waals surface area contributed by atoms with Crippen LogP contribution in [-0.2, 0) is 0 Å². The lowest BCUT2D eigenvalue weighted by Gasteiger charge is -2.00. The zero-order chi connectivity index (χ0) is 13.7. The number of halogens is 1. The maximum absolute atomic E-state index is 11.7. The van der Waals surface area contributed by atoms with Gasteiger partial charge in [0.25, 0.3) is 5.91 Å². The maximum atomic E-state index is 11.7. The number of nitrogens with one attached hydrogen (secondary N) is 1. The van der Waals surface area contributed by atoms with E-state index in [0.717, 1.165) is 9.13 Å². The maximum Gasteiger partial charge on any atom is 0.271 e. The normalized spacial score (nSPS) is 10.6. The molecule has 96 valence electrons. The number of amides is 1. The topological polar surface area (TPSA) is 74.6 Å². The molecular formula is C13H10IN3O2. The summed E-state index contributed by atoms with van der Waals surface area (Å²) in [6.07, 6.45) is 4.60. The lowest BCUT2D eigenvalue weighted by Crippen LogP contribution is -2.17. The molecule has 0 fully saturated rings. The molecule has 6 heteroatoms. The minimum absolute atomic E-state index is 0.221. The number of nitrogens with zero attached hydrogens (tertiary/aromatic N) is 2. The summed E-state index contributed by atoms with van der Waals surface area (Å²) in [5.74, 6) is -0.0781. The van der Waals surface area contributed by atoms with Crippen molar-refractivity contribution in [1.82, 2.24) is 10.4 Å². The molecule has 1 aromatic heterocycles. The number of hydrogen-bond donors (Lipinski definition) is 2. The standard InChI is InChI=1S/C13H10IN3O2/c14-11-7-9(1-2-12(11)18)8-16-17-13(19)10-3-5-15-6-4-10/h1-8,18H,(H,17,19)/b16-8-. The van der Waals surface area contributed by atoms with Crippen LogP contribution in [0.15, 0.2) is 47.8 Å². The van der Waals surface area contributed by atoms with Gasteiger partial charge in [-0.05, 0) is 58.5 Å². The number of hydrogen-bond acceptors (Lipinski definition) is 4. The summed E-state index contributed by atoms with van der Waals surface area (Å²) in [5.41, 5.74) is 3.70. The Morgan fingerprint density at radius 2 is 2.05 bits per heavy atom.